The molecule has 4 aliphatic rings. The molecule has 3 fully saturated rings. The van der Waals surface area contributed by atoms with Gasteiger partial charge in [0.25, 0.3) is 0 Å². The first kappa shape index (κ1) is 16.8. The molecule has 4 heteroatoms. The Kier molecular flexibility index (Phi) is 4.12. The van der Waals surface area contributed by atoms with Crippen LogP contribution in [0.4, 0.5) is 0 Å². The van der Waals surface area contributed by atoms with Gasteiger partial charge in [0.15, 0.2) is 0 Å². The predicted octanol–water partition coefficient (Wildman–Crippen LogP) is 4.51. The molecular formula is C19H25ClHgO2. The number of ketones is 2. The number of rotatable bonds is 1. The number of hydrogen-bond acceptors (Lipinski definition) is 2. The molecule has 122 valence electrons. The number of allylic oxidation sites excluding steroid dienone is 2. The Labute approximate surface area is 154 Å². The molecular weight excluding hydrogens is 496 g/mol. The minimum absolute atomic E-state index is 0.0477. The summed E-state index contributed by atoms with van der Waals surface area (Å²) in [5.41, 5.74) is 0.113. The summed E-state index contributed by atoms with van der Waals surface area (Å²) in [4.78, 5) is 24.8. The standard InChI is InChI=1S/C19H25O2.ClH.Hg/c1-18-9-7-13(20)11-12(18)3-4-14-15-5-6-17(21)19(15,2)10-8-16(14)18;;/h9,12,14-16H,3-6,8,10-11H2,1-2H3;1H;/q;;+1/p-1/t12?,14-,15-,16-,18-,19-;;/m0../s1. The molecule has 0 bridgehead atoms. The van der Waals surface area contributed by atoms with Gasteiger partial charge in [-0.1, -0.05) is 0 Å². The minimum atomic E-state index is -1.66. The summed E-state index contributed by atoms with van der Waals surface area (Å²) in [6.07, 6.45) is 9.57. The van der Waals surface area contributed by atoms with Crippen LogP contribution in [-0.2, 0) is 32.9 Å². The molecule has 0 radical (unpaired) electrons. The summed E-state index contributed by atoms with van der Waals surface area (Å²) >= 11 is -1.66. The quantitative estimate of drug-likeness (QED) is 0.476. The zero-order valence-corrected chi connectivity index (χ0v) is 20.5. The molecule has 0 heterocycles. The van der Waals surface area contributed by atoms with Crippen LogP contribution in [0.3, 0.4) is 0 Å². The second kappa shape index (κ2) is 5.66. The van der Waals surface area contributed by atoms with Crippen LogP contribution < -0.4 is 0 Å². The Morgan fingerprint density at radius 1 is 1.13 bits per heavy atom. The number of Topliss-reactive ketones (excluding diaryl/α,β-unsaturated/α-hetero) is 2. The molecule has 23 heavy (non-hydrogen) atoms. The fraction of sp³-hybridized carbons (Fsp3) is 0.789. The summed E-state index contributed by atoms with van der Waals surface area (Å²) in [5, 5.41) is 0. The molecule has 2 nitrogen and oxygen atoms in total. The fourth-order valence-corrected chi connectivity index (χ4v) is 11.8. The Hall–Kier alpha value is 0.305. The van der Waals surface area contributed by atoms with E-state index in [9.17, 15) is 9.59 Å². The second-order valence-electron chi connectivity index (χ2n) is 8.87. The number of carbonyl (C=O) groups excluding carboxylic acids is 2. The van der Waals surface area contributed by atoms with E-state index in [2.05, 4.69) is 19.9 Å². The Morgan fingerprint density at radius 3 is 2.65 bits per heavy atom. The average molecular weight is 521 g/mol. The van der Waals surface area contributed by atoms with Crippen LogP contribution in [0.15, 0.2) is 9.16 Å². The molecule has 0 saturated heterocycles. The molecule has 6 atom stereocenters. The second-order valence-corrected chi connectivity index (χ2v) is 15.2. The number of halogens is 1. The number of hydrogen-bond donors (Lipinski definition) is 0. The zero-order chi connectivity index (χ0) is 16.4. The van der Waals surface area contributed by atoms with E-state index in [-0.39, 0.29) is 10.8 Å². The molecule has 4 aliphatic carbocycles. The van der Waals surface area contributed by atoms with Crippen molar-refractivity contribution in [3.05, 3.63) is 9.16 Å². The first-order chi connectivity index (χ1) is 10.9. The first-order valence-corrected chi connectivity index (χ1v) is 18.8. The van der Waals surface area contributed by atoms with Crippen molar-refractivity contribution in [3.63, 3.8) is 0 Å². The van der Waals surface area contributed by atoms with Crippen LogP contribution in [0, 0.1) is 34.5 Å². The molecule has 3 saturated carbocycles. The molecule has 0 amide bonds. The van der Waals surface area contributed by atoms with E-state index < -0.39 is 23.3 Å². The van der Waals surface area contributed by atoms with Gasteiger partial charge in [-0.3, -0.25) is 0 Å². The van der Waals surface area contributed by atoms with Gasteiger partial charge in [0.1, 0.15) is 0 Å². The number of fused-ring (bicyclic) bond motifs is 5. The van der Waals surface area contributed by atoms with Crippen molar-refractivity contribution in [1.82, 2.24) is 0 Å². The van der Waals surface area contributed by atoms with Crippen LogP contribution >= 0.6 is 8.25 Å². The van der Waals surface area contributed by atoms with Gasteiger partial charge < -0.3 is 0 Å². The molecule has 4 rings (SSSR count). The first-order valence-electron chi connectivity index (χ1n) is 9.24. The third-order valence-corrected chi connectivity index (χ3v) is 14.1. The van der Waals surface area contributed by atoms with Crippen molar-refractivity contribution in [2.24, 2.45) is 34.5 Å². The molecule has 0 spiro atoms. The Balaban J connectivity index is 1.71. The molecule has 0 N–H and O–H groups in total. The summed E-state index contributed by atoms with van der Waals surface area (Å²) < 4.78 is 1.06. The summed E-state index contributed by atoms with van der Waals surface area (Å²) in [5.74, 6) is 3.31. The van der Waals surface area contributed by atoms with Gasteiger partial charge in [0.05, 0.1) is 0 Å². The maximum atomic E-state index is 12.4. The van der Waals surface area contributed by atoms with Crippen molar-refractivity contribution < 1.29 is 32.9 Å². The van der Waals surface area contributed by atoms with Crippen LogP contribution in [-0.4, -0.2) is 11.6 Å². The van der Waals surface area contributed by atoms with E-state index in [0.29, 0.717) is 35.2 Å². The van der Waals surface area contributed by atoms with E-state index in [0.717, 1.165) is 41.6 Å². The molecule has 0 aromatic carbocycles. The number of carbonyl (C=O) groups is 2. The third kappa shape index (κ3) is 2.29. The summed E-state index contributed by atoms with van der Waals surface area (Å²) in [6.45, 7) is 4.64. The van der Waals surface area contributed by atoms with E-state index in [1.807, 2.05) is 0 Å². The molecule has 1 unspecified atom stereocenters. The fourth-order valence-electron chi connectivity index (χ4n) is 6.71. The predicted molar refractivity (Wildman–Crippen MR) is 86.4 cm³/mol. The average Bonchev–Trinajstić information content (AvgIpc) is 2.83. The van der Waals surface area contributed by atoms with Crippen molar-refractivity contribution in [2.45, 2.75) is 58.8 Å². The van der Waals surface area contributed by atoms with Gasteiger partial charge in [-0.05, 0) is 0 Å². The molecule has 0 aromatic heterocycles. The third-order valence-electron chi connectivity index (χ3n) is 8.09. The molecule has 0 aromatic rings. The van der Waals surface area contributed by atoms with Crippen molar-refractivity contribution in [1.29, 1.82) is 0 Å². The Morgan fingerprint density at radius 2 is 1.91 bits per heavy atom. The van der Waals surface area contributed by atoms with Gasteiger partial charge in [0.2, 0.25) is 0 Å². The van der Waals surface area contributed by atoms with Crippen molar-refractivity contribution in [2.75, 3.05) is 0 Å². The van der Waals surface area contributed by atoms with Crippen molar-refractivity contribution >= 4 is 19.8 Å². The van der Waals surface area contributed by atoms with Crippen LogP contribution in [0.2, 0.25) is 0 Å². The van der Waals surface area contributed by atoms with E-state index in [4.69, 9.17) is 8.25 Å². The van der Waals surface area contributed by atoms with E-state index in [1.54, 1.807) is 0 Å². The van der Waals surface area contributed by atoms with Gasteiger partial charge in [-0.2, -0.15) is 0 Å². The SMILES string of the molecule is C[C@]12C=[C]([Hg][Cl])C(=O)CC1CC[C@@H]1[C@@H]2CC[C@]2(C)C(=O)CC[C@@H]12. The summed E-state index contributed by atoms with van der Waals surface area (Å²) in [7, 11) is 6.26. The van der Waals surface area contributed by atoms with Gasteiger partial charge in [-0.25, -0.2) is 0 Å². The van der Waals surface area contributed by atoms with E-state index in [1.165, 1.54) is 6.42 Å². The van der Waals surface area contributed by atoms with E-state index >= 15 is 0 Å². The van der Waals surface area contributed by atoms with Crippen molar-refractivity contribution in [3.8, 4) is 0 Å². The molecule has 0 aliphatic heterocycles. The zero-order valence-electron chi connectivity index (χ0n) is 14.2. The normalized spacial score (nSPS) is 48.9. The van der Waals surface area contributed by atoms with Crippen LogP contribution in [0.5, 0.6) is 0 Å². The van der Waals surface area contributed by atoms with Gasteiger partial charge >= 0.3 is 155 Å². The van der Waals surface area contributed by atoms with Crippen LogP contribution in [0.25, 0.3) is 0 Å². The topological polar surface area (TPSA) is 34.1 Å². The monoisotopic (exact) mass is 522 g/mol. The van der Waals surface area contributed by atoms with Crippen LogP contribution in [0.1, 0.15) is 58.8 Å². The van der Waals surface area contributed by atoms with Gasteiger partial charge in [0, 0.05) is 0 Å². The Bertz CT molecular complexity index is 600. The summed E-state index contributed by atoms with van der Waals surface area (Å²) in [6, 6.07) is 0. The van der Waals surface area contributed by atoms with Gasteiger partial charge in [-0.15, -0.1) is 0 Å². The maximum absolute atomic E-state index is 12.4.